The Labute approximate surface area is 59.9 Å². The summed E-state index contributed by atoms with van der Waals surface area (Å²) in [6, 6.07) is 0. The van der Waals surface area contributed by atoms with E-state index in [4.69, 9.17) is 0 Å². The van der Waals surface area contributed by atoms with Crippen LogP contribution in [0.2, 0.25) is 0 Å². The lowest BCUT2D eigenvalue weighted by Crippen LogP contribution is -2.05. The number of ketones is 1. The maximum atomic E-state index is 10.7. The molecule has 0 aromatic rings. The van der Waals surface area contributed by atoms with Crippen LogP contribution in [-0.2, 0) is 9.59 Å². The average molecular weight is 137 g/mol. The molecular weight excluding hydrogens is 128 g/mol. The molecule has 0 aromatic carbocycles. The minimum Gasteiger partial charge on any atom is -0.285 e. The van der Waals surface area contributed by atoms with Crippen LogP contribution in [0.5, 0.6) is 0 Å². The van der Waals surface area contributed by atoms with Crippen molar-refractivity contribution in [1.82, 2.24) is 0 Å². The molecular formula is C8H9O2. The Kier molecular flexibility index (Phi) is 2.37. The van der Waals surface area contributed by atoms with E-state index in [-0.39, 0.29) is 0 Å². The molecule has 0 spiro atoms. The predicted octanol–water partition coefficient (Wildman–Crippen LogP) is 1.17. The molecule has 0 bridgehead atoms. The van der Waals surface area contributed by atoms with E-state index in [0.29, 0.717) is 5.57 Å². The van der Waals surface area contributed by atoms with Gasteiger partial charge in [-0.3, -0.25) is 9.59 Å². The number of hydrogen-bond acceptors (Lipinski definition) is 2. The molecule has 2 nitrogen and oxygen atoms in total. The van der Waals surface area contributed by atoms with Gasteiger partial charge in [-0.2, -0.15) is 0 Å². The van der Waals surface area contributed by atoms with Crippen LogP contribution in [0.3, 0.4) is 0 Å². The number of Topliss-reactive ketones (excluding diaryl/α,β-unsaturated/α-hetero) is 1. The first kappa shape index (κ1) is 7.19. The van der Waals surface area contributed by atoms with E-state index in [0.717, 1.165) is 25.7 Å². The van der Waals surface area contributed by atoms with Gasteiger partial charge in [-0.1, -0.05) is 6.08 Å². The second-order valence-corrected chi connectivity index (χ2v) is 2.41. The Bertz CT molecular complexity index is 180. The number of carbonyl (C=O) groups excluding carboxylic acids is 2. The highest BCUT2D eigenvalue weighted by Crippen LogP contribution is 2.16. The van der Waals surface area contributed by atoms with Gasteiger partial charge >= 0.3 is 0 Å². The zero-order chi connectivity index (χ0) is 7.40. The van der Waals surface area contributed by atoms with Crippen molar-refractivity contribution in [1.29, 1.82) is 0 Å². The monoisotopic (exact) mass is 137 g/mol. The Morgan fingerprint density at radius 2 is 2.30 bits per heavy atom. The molecule has 0 fully saturated rings. The van der Waals surface area contributed by atoms with Crippen molar-refractivity contribution in [2.75, 3.05) is 0 Å². The van der Waals surface area contributed by atoms with E-state index in [9.17, 15) is 9.59 Å². The van der Waals surface area contributed by atoms with Crippen LogP contribution in [-0.4, -0.2) is 12.1 Å². The van der Waals surface area contributed by atoms with E-state index in [1.165, 1.54) is 6.29 Å². The lowest BCUT2D eigenvalue weighted by atomic mass is 9.97. The molecule has 1 rings (SSSR count). The molecule has 10 heavy (non-hydrogen) atoms. The Morgan fingerprint density at radius 3 is 2.80 bits per heavy atom. The molecule has 53 valence electrons. The highest BCUT2D eigenvalue weighted by atomic mass is 16.2. The molecule has 1 radical (unpaired) electrons. The summed E-state index contributed by atoms with van der Waals surface area (Å²) >= 11 is 0. The van der Waals surface area contributed by atoms with Gasteiger partial charge in [0.25, 0.3) is 6.29 Å². The second-order valence-electron chi connectivity index (χ2n) is 2.41. The van der Waals surface area contributed by atoms with Crippen molar-refractivity contribution in [3.8, 4) is 0 Å². The maximum Gasteiger partial charge on any atom is 0.277 e. The first-order valence-electron chi connectivity index (χ1n) is 3.46. The van der Waals surface area contributed by atoms with Crippen molar-refractivity contribution < 1.29 is 9.59 Å². The molecule has 0 unspecified atom stereocenters. The Hall–Kier alpha value is -0.920. The molecule has 1 aliphatic rings. The zero-order valence-corrected chi connectivity index (χ0v) is 5.72. The van der Waals surface area contributed by atoms with Crippen LogP contribution >= 0.6 is 0 Å². The number of allylic oxidation sites excluding steroid dienone is 2. The Balaban J connectivity index is 2.61. The SMILES string of the molecule is O=[C]C(=O)C1=CCCCC1. The quantitative estimate of drug-likeness (QED) is 0.535. The molecule has 0 aromatic heterocycles. The lowest BCUT2D eigenvalue weighted by Gasteiger charge is -2.06. The smallest absolute Gasteiger partial charge is 0.277 e. The van der Waals surface area contributed by atoms with Gasteiger partial charge in [0.15, 0.2) is 0 Å². The second kappa shape index (κ2) is 3.30. The first-order valence-corrected chi connectivity index (χ1v) is 3.46. The molecule has 0 heterocycles. The minimum atomic E-state index is -0.459. The molecule has 0 amide bonds. The third-order valence-electron chi connectivity index (χ3n) is 1.68. The minimum absolute atomic E-state index is 0.459. The van der Waals surface area contributed by atoms with Gasteiger partial charge < -0.3 is 0 Å². The Morgan fingerprint density at radius 1 is 1.50 bits per heavy atom. The van der Waals surface area contributed by atoms with Gasteiger partial charge in [0.1, 0.15) is 0 Å². The first-order chi connectivity index (χ1) is 4.84. The van der Waals surface area contributed by atoms with Crippen LogP contribution in [0.25, 0.3) is 0 Å². The summed E-state index contributed by atoms with van der Waals surface area (Å²) in [4.78, 5) is 20.6. The van der Waals surface area contributed by atoms with E-state index >= 15 is 0 Å². The highest BCUT2D eigenvalue weighted by molar-refractivity contribution is 6.33. The molecule has 0 N–H and O–H groups in total. The average Bonchev–Trinajstić information content (AvgIpc) is 2.05. The van der Waals surface area contributed by atoms with Crippen molar-refractivity contribution in [2.45, 2.75) is 25.7 Å². The molecule has 0 saturated heterocycles. The summed E-state index contributed by atoms with van der Waals surface area (Å²) < 4.78 is 0. The normalized spacial score (nSPS) is 17.8. The number of rotatable bonds is 2. The third kappa shape index (κ3) is 1.53. The summed E-state index contributed by atoms with van der Waals surface area (Å²) in [5, 5.41) is 0. The van der Waals surface area contributed by atoms with Gasteiger partial charge in [-0.05, 0) is 31.3 Å². The van der Waals surface area contributed by atoms with Crippen molar-refractivity contribution in [3.05, 3.63) is 11.6 Å². The van der Waals surface area contributed by atoms with Crippen molar-refractivity contribution in [3.63, 3.8) is 0 Å². The van der Waals surface area contributed by atoms with E-state index in [1.54, 1.807) is 0 Å². The topological polar surface area (TPSA) is 34.1 Å². The van der Waals surface area contributed by atoms with Crippen LogP contribution < -0.4 is 0 Å². The van der Waals surface area contributed by atoms with Crippen LogP contribution in [0.1, 0.15) is 25.7 Å². The predicted molar refractivity (Wildman–Crippen MR) is 37.3 cm³/mol. The van der Waals surface area contributed by atoms with Gasteiger partial charge in [0.2, 0.25) is 5.78 Å². The van der Waals surface area contributed by atoms with Gasteiger partial charge in [0.05, 0.1) is 0 Å². The number of carbonyl (C=O) groups is 1. The largest absolute Gasteiger partial charge is 0.285 e. The van der Waals surface area contributed by atoms with Gasteiger partial charge in [-0.25, -0.2) is 0 Å². The molecule has 1 aliphatic carbocycles. The number of hydrogen-bond donors (Lipinski definition) is 0. The zero-order valence-electron chi connectivity index (χ0n) is 5.72. The van der Waals surface area contributed by atoms with E-state index in [1.807, 2.05) is 6.08 Å². The summed E-state index contributed by atoms with van der Waals surface area (Å²) in [5.41, 5.74) is 0.654. The molecule has 0 saturated carbocycles. The fourth-order valence-corrected chi connectivity index (χ4v) is 1.11. The molecule has 0 atom stereocenters. The fraction of sp³-hybridized carbons (Fsp3) is 0.500. The lowest BCUT2D eigenvalue weighted by molar-refractivity contribution is -0.110. The summed E-state index contributed by atoms with van der Waals surface area (Å²) in [5.74, 6) is -0.459. The van der Waals surface area contributed by atoms with E-state index < -0.39 is 5.78 Å². The van der Waals surface area contributed by atoms with Crippen LogP contribution in [0.4, 0.5) is 0 Å². The van der Waals surface area contributed by atoms with Crippen LogP contribution in [0.15, 0.2) is 11.6 Å². The van der Waals surface area contributed by atoms with E-state index in [2.05, 4.69) is 0 Å². The van der Waals surface area contributed by atoms with Crippen LogP contribution in [0, 0.1) is 0 Å². The van der Waals surface area contributed by atoms with Crippen molar-refractivity contribution in [2.24, 2.45) is 0 Å². The summed E-state index contributed by atoms with van der Waals surface area (Å²) in [6.45, 7) is 0. The summed E-state index contributed by atoms with van der Waals surface area (Å²) in [6.07, 6.45) is 7.07. The summed E-state index contributed by atoms with van der Waals surface area (Å²) in [7, 11) is 0. The standard InChI is InChI=1S/C8H9O2/c9-6-8(10)7-4-2-1-3-5-7/h4H,1-3,5H2. The molecule has 0 aliphatic heterocycles. The van der Waals surface area contributed by atoms with Crippen molar-refractivity contribution >= 4 is 12.1 Å². The fourth-order valence-electron chi connectivity index (χ4n) is 1.11. The highest BCUT2D eigenvalue weighted by Gasteiger charge is 2.10. The molecule has 2 heteroatoms. The maximum absolute atomic E-state index is 10.7. The van der Waals surface area contributed by atoms with Gasteiger partial charge in [-0.15, -0.1) is 0 Å². The third-order valence-corrected chi connectivity index (χ3v) is 1.68. The van der Waals surface area contributed by atoms with Gasteiger partial charge in [0, 0.05) is 0 Å².